The van der Waals surface area contributed by atoms with Crippen LogP contribution in [-0.4, -0.2) is 49.9 Å². The maximum atomic E-state index is 15.3. The number of aromatic nitrogens is 4. The molecule has 0 aliphatic heterocycles. The lowest BCUT2D eigenvalue weighted by Gasteiger charge is -2.59. The molecule has 4 aliphatic rings. The van der Waals surface area contributed by atoms with Gasteiger partial charge in [-0.05, 0) is 63.2 Å². The zero-order valence-corrected chi connectivity index (χ0v) is 20.0. The normalized spacial score (nSPS) is 29.3. The van der Waals surface area contributed by atoms with Crippen molar-refractivity contribution in [1.29, 1.82) is 0 Å². The lowest BCUT2D eigenvalue weighted by atomic mass is 9.52. The molecule has 4 fully saturated rings. The van der Waals surface area contributed by atoms with Crippen LogP contribution < -0.4 is 15.0 Å². The summed E-state index contributed by atoms with van der Waals surface area (Å²) in [6.45, 7) is 3.82. The van der Waals surface area contributed by atoms with Crippen LogP contribution in [0.1, 0.15) is 64.0 Å². The van der Waals surface area contributed by atoms with E-state index >= 15 is 4.39 Å². The molecule has 2 aromatic rings. The number of carbonyl (C=O) groups excluding carboxylic acids is 1. The van der Waals surface area contributed by atoms with Gasteiger partial charge in [0.25, 0.3) is 5.88 Å². The molecule has 4 aliphatic carbocycles. The molecular weight excluding hydrogens is 439 g/mol. The molecule has 184 valence electrons. The van der Waals surface area contributed by atoms with E-state index in [-0.39, 0.29) is 24.2 Å². The topological polar surface area (TPSA) is 116 Å². The van der Waals surface area contributed by atoms with Crippen molar-refractivity contribution >= 4 is 23.6 Å². The smallest absolute Gasteiger partial charge is 0.312 e. The van der Waals surface area contributed by atoms with E-state index in [0.29, 0.717) is 35.9 Å². The Kier molecular flexibility index (Phi) is 5.95. The van der Waals surface area contributed by atoms with Crippen LogP contribution in [0.25, 0.3) is 0 Å². The highest BCUT2D eigenvalue weighted by atomic mass is 19.1. The summed E-state index contributed by atoms with van der Waals surface area (Å²) >= 11 is 0. The minimum absolute atomic E-state index is 0.0934. The molecule has 3 N–H and O–H groups in total. The molecule has 0 saturated heterocycles. The summed E-state index contributed by atoms with van der Waals surface area (Å²) in [5.41, 5.74) is 0.259. The molecule has 6 rings (SSSR count). The number of aryl methyl sites for hydroxylation is 1. The van der Waals surface area contributed by atoms with E-state index < -0.39 is 17.4 Å². The third-order valence-electron chi connectivity index (χ3n) is 7.66. The molecule has 34 heavy (non-hydrogen) atoms. The molecule has 0 radical (unpaired) electrons. The molecule has 0 amide bonds. The van der Waals surface area contributed by atoms with Gasteiger partial charge in [0, 0.05) is 31.3 Å². The van der Waals surface area contributed by atoms with Crippen LogP contribution in [0.3, 0.4) is 0 Å². The Hall–Kier alpha value is -2.75. The lowest BCUT2D eigenvalue weighted by Crippen LogP contribution is -2.61. The van der Waals surface area contributed by atoms with E-state index in [0.717, 1.165) is 44.2 Å². The summed E-state index contributed by atoms with van der Waals surface area (Å²) in [6, 6.07) is 1.88. The highest BCUT2D eigenvalue weighted by molar-refractivity contribution is 5.72. The fourth-order valence-corrected chi connectivity index (χ4v) is 6.53. The van der Waals surface area contributed by atoms with E-state index in [4.69, 9.17) is 4.74 Å². The Morgan fingerprint density at radius 1 is 1.32 bits per heavy atom. The van der Waals surface area contributed by atoms with Gasteiger partial charge in [-0.2, -0.15) is 19.5 Å². The van der Waals surface area contributed by atoms with Crippen molar-refractivity contribution in [2.45, 2.75) is 76.9 Å². The molecule has 2 unspecified atom stereocenters. The zero-order valence-electron chi connectivity index (χ0n) is 20.0. The largest absolute Gasteiger partial charge is 0.404 e. The highest BCUT2D eigenvalue weighted by Crippen LogP contribution is 2.57. The first-order chi connectivity index (χ1) is 16.2. The number of ether oxygens (including phenoxy) is 1. The number of rotatable bonds is 8. The van der Waals surface area contributed by atoms with Gasteiger partial charge in [-0.3, -0.25) is 9.89 Å². The first kappa shape index (κ1) is 23.0. The van der Waals surface area contributed by atoms with Gasteiger partial charge in [-0.1, -0.05) is 13.3 Å². The number of anilines is 3. The van der Waals surface area contributed by atoms with Crippen LogP contribution in [0.15, 0.2) is 6.07 Å². The second kappa shape index (κ2) is 8.79. The van der Waals surface area contributed by atoms with Crippen LogP contribution in [0.4, 0.5) is 22.0 Å². The molecule has 4 saturated carbocycles. The van der Waals surface area contributed by atoms with Crippen molar-refractivity contribution in [3.8, 4) is 5.88 Å². The number of hydrogen-bond acceptors (Lipinski definition) is 8. The number of aromatic amines is 1. The third-order valence-corrected chi connectivity index (χ3v) is 7.66. The fourth-order valence-electron chi connectivity index (χ4n) is 6.53. The van der Waals surface area contributed by atoms with Crippen LogP contribution in [0.5, 0.6) is 5.88 Å². The van der Waals surface area contributed by atoms with Crippen molar-refractivity contribution in [2.24, 2.45) is 17.8 Å². The standard InChI is InChI=1S/C24H33FN6O3/c1-4-5-6-18(32)34-22-19(25)21(26-17-7-13(2)29-30-17)27-23(28-22)31(3)20-15-8-14-9-16(20)12-24(33,10-14)11-15/h7,14-16,20,33H,4-6,8-12H2,1-3H3,(H2,26,27,28,29,30). The van der Waals surface area contributed by atoms with E-state index in [1.54, 1.807) is 6.07 Å². The Morgan fingerprint density at radius 3 is 2.68 bits per heavy atom. The van der Waals surface area contributed by atoms with Gasteiger partial charge < -0.3 is 20.1 Å². The minimum atomic E-state index is -0.831. The maximum Gasteiger partial charge on any atom is 0.312 e. The van der Waals surface area contributed by atoms with Gasteiger partial charge in [0.15, 0.2) is 11.6 Å². The average Bonchev–Trinajstić information content (AvgIpc) is 3.17. The lowest BCUT2D eigenvalue weighted by molar-refractivity contribution is -0.135. The van der Waals surface area contributed by atoms with Crippen LogP contribution in [0.2, 0.25) is 0 Å². The first-order valence-corrected chi connectivity index (χ1v) is 12.3. The predicted molar refractivity (Wildman–Crippen MR) is 124 cm³/mol. The second-order valence-electron chi connectivity index (χ2n) is 10.4. The minimum Gasteiger partial charge on any atom is -0.404 e. The molecule has 0 aromatic carbocycles. The Morgan fingerprint density at radius 2 is 2.06 bits per heavy atom. The van der Waals surface area contributed by atoms with Gasteiger partial charge >= 0.3 is 5.97 Å². The van der Waals surface area contributed by atoms with E-state index in [9.17, 15) is 9.90 Å². The van der Waals surface area contributed by atoms with Crippen molar-refractivity contribution in [3.63, 3.8) is 0 Å². The molecule has 2 aromatic heterocycles. The molecule has 2 atom stereocenters. The van der Waals surface area contributed by atoms with Crippen molar-refractivity contribution in [1.82, 2.24) is 20.2 Å². The fraction of sp³-hybridized carbons (Fsp3) is 0.667. The summed E-state index contributed by atoms with van der Waals surface area (Å²) in [6.07, 6.45) is 6.28. The number of unbranched alkanes of at least 4 members (excludes halogenated alkanes) is 1. The number of esters is 1. The Balaban J connectivity index is 1.46. The van der Waals surface area contributed by atoms with E-state index in [1.807, 2.05) is 25.8 Å². The SMILES string of the molecule is CCCCC(=O)Oc1nc(N(C)C2C3CC4CC2CC(O)(C4)C3)nc(Nc2cc(C)[nH]n2)c1F. The quantitative estimate of drug-likeness (QED) is 0.496. The summed E-state index contributed by atoms with van der Waals surface area (Å²) < 4.78 is 20.7. The van der Waals surface area contributed by atoms with E-state index in [2.05, 4.69) is 25.5 Å². The number of aliphatic hydroxyl groups is 1. The van der Waals surface area contributed by atoms with Gasteiger partial charge in [-0.15, -0.1) is 0 Å². The van der Waals surface area contributed by atoms with Gasteiger partial charge in [0.2, 0.25) is 11.8 Å². The van der Waals surface area contributed by atoms with Crippen LogP contribution in [-0.2, 0) is 4.79 Å². The van der Waals surface area contributed by atoms with Crippen LogP contribution in [0, 0.1) is 30.5 Å². The first-order valence-electron chi connectivity index (χ1n) is 12.3. The molecule has 9 nitrogen and oxygen atoms in total. The van der Waals surface area contributed by atoms with Gasteiger partial charge in [0.1, 0.15) is 0 Å². The second-order valence-corrected chi connectivity index (χ2v) is 10.4. The molecule has 4 bridgehead atoms. The summed E-state index contributed by atoms with van der Waals surface area (Å²) in [7, 11) is 1.91. The van der Waals surface area contributed by atoms with Crippen molar-refractivity contribution < 1.29 is 19.0 Å². The zero-order chi connectivity index (χ0) is 24.0. The van der Waals surface area contributed by atoms with Crippen molar-refractivity contribution in [2.75, 3.05) is 17.3 Å². The number of halogens is 1. The highest BCUT2D eigenvalue weighted by Gasteiger charge is 2.56. The predicted octanol–water partition coefficient (Wildman–Crippen LogP) is 3.86. The monoisotopic (exact) mass is 472 g/mol. The van der Waals surface area contributed by atoms with Gasteiger partial charge in [-0.25, -0.2) is 0 Å². The molecule has 10 heteroatoms. The number of H-pyrrole nitrogens is 1. The average molecular weight is 473 g/mol. The summed E-state index contributed by atoms with van der Waals surface area (Å²) in [5, 5.41) is 20.8. The van der Waals surface area contributed by atoms with Crippen LogP contribution >= 0.6 is 0 Å². The summed E-state index contributed by atoms with van der Waals surface area (Å²) in [5.74, 6) is 0.0960. The number of hydrogen-bond donors (Lipinski definition) is 3. The summed E-state index contributed by atoms with van der Waals surface area (Å²) in [4.78, 5) is 23.1. The molecular formula is C24H33FN6O3. The van der Waals surface area contributed by atoms with E-state index in [1.165, 1.54) is 0 Å². The maximum absolute atomic E-state index is 15.3. The number of nitrogens with zero attached hydrogens (tertiary/aromatic N) is 4. The van der Waals surface area contributed by atoms with Gasteiger partial charge in [0.05, 0.1) is 5.60 Å². The Labute approximate surface area is 198 Å². The molecule has 2 heterocycles. The van der Waals surface area contributed by atoms with Crippen molar-refractivity contribution in [3.05, 3.63) is 17.6 Å². The number of carbonyl (C=O) groups is 1. The Bertz CT molecular complexity index is 1060. The number of nitrogens with one attached hydrogen (secondary N) is 2. The third kappa shape index (κ3) is 4.35. The molecule has 0 spiro atoms.